The number of hydrogen-bond acceptors (Lipinski definition) is 6. The van der Waals surface area contributed by atoms with E-state index in [0.29, 0.717) is 47.1 Å². The molecule has 0 radical (unpaired) electrons. The number of aliphatic hydroxyl groups is 1. The van der Waals surface area contributed by atoms with E-state index in [-0.39, 0.29) is 18.1 Å². The average Bonchev–Trinajstić information content (AvgIpc) is 2.93. The van der Waals surface area contributed by atoms with Crippen LogP contribution in [0.5, 0.6) is 11.5 Å². The van der Waals surface area contributed by atoms with Gasteiger partial charge in [0.1, 0.15) is 18.9 Å². The van der Waals surface area contributed by atoms with Crippen molar-refractivity contribution < 1.29 is 28.9 Å². The van der Waals surface area contributed by atoms with Gasteiger partial charge in [0.15, 0.2) is 23.9 Å². The first kappa shape index (κ1) is 18.0. The van der Waals surface area contributed by atoms with Crippen LogP contribution in [0.3, 0.4) is 0 Å². The Morgan fingerprint density at radius 1 is 1.23 bits per heavy atom. The van der Waals surface area contributed by atoms with E-state index in [1.54, 1.807) is 39.0 Å². The number of ether oxygens (including phenoxy) is 3. The summed E-state index contributed by atoms with van der Waals surface area (Å²) in [6, 6.07) is 4.86. The van der Waals surface area contributed by atoms with Gasteiger partial charge in [0, 0.05) is 16.8 Å². The summed E-state index contributed by atoms with van der Waals surface area (Å²) in [5.74, 6) is 0.120. The number of hydrogen-bond donors (Lipinski definition) is 2. The number of Topliss-reactive ketones (excluding diaryl/α,β-unsaturated/α-hetero) is 1. The van der Waals surface area contributed by atoms with E-state index in [0.717, 1.165) is 0 Å². The smallest absolute Gasteiger partial charge is 0.355 e. The molecule has 0 saturated carbocycles. The van der Waals surface area contributed by atoms with Crippen LogP contribution in [0.1, 0.15) is 50.7 Å². The van der Waals surface area contributed by atoms with Crippen LogP contribution in [0.25, 0.3) is 0 Å². The van der Waals surface area contributed by atoms with E-state index in [1.807, 2.05) is 0 Å². The van der Waals surface area contributed by atoms with Gasteiger partial charge in [-0.05, 0) is 44.5 Å². The molecular weight excluding hydrogens is 338 g/mol. The van der Waals surface area contributed by atoms with Gasteiger partial charge in [-0.15, -0.1) is 0 Å². The molecule has 0 bridgehead atoms. The molecule has 3 rings (SSSR count). The lowest BCUT2D eigenvalue weighted by atomic mass is 10.1. The Kier molecular flexibility index (Phi) is 4.99. The van der Waals surface area contributed by atoms with Gasteiger partial charge in [-0.25, -0.2) is 4.79 Å². The topological polar surface area (TPSA) is 97.9 Å². The normalized spacial score (nSPS) is 14.0. The van der Waals surface area contributed by atoms with Crippen LogP contribution in [-0.4, -0.2) is 41.7 Å². The third-order valence-electron chi connectivity index (χ3n) is 4.32. The maximum Gasteiger partial charge on any atom is 0.355 e. The number of aryl methyl sites for hydroxylation is 1. The minimum absolute atomic E-state index is 0.244. The summed E-state index contributed by atoms with van der Waals surface area (Å²) < 4.78 is 16.0. The van der Waals surface area contributed by atoms with E-state index in [4.69, 9.17) is 14.2 Å². The van der Waals surface area contributed by atoms with E-state index in [2.05, 4.69) is 4.98 Å². The van der Waals surface area contributed by atoms with Gasteiger partial charge in [0.05, 0.1) is 6.10 Å². The standard InChI is InChI=1S/C19H21NO6/c1-10-17(12(3)21)11(2)20-18(10)19(23)26-9-14(22)13-4-5-15-16(8-13)25-7-6-24-15/h4-5,8,12,20-21H,6-7,9H2,1-3H3/t12-/m1/s1. The van der Waals surface area contributed by atoms with E-state index < -0.39 is 12.1 Å². The second kappa shape index (κ2) is 7.21. The van der Waals surface area contributed by atoms with E-state index in [1.165, 1.54) is 0 Å². The lowest BCUT2D eigenvalue weighted by molar-refractivity contribution is 0.0468. The first-order valence-electron chi connectivity index (χ1n) is 8.35. The lowest BCUT2D eigenvalue weighted by Gasteiger charge is -2.18. The van der Waals surface area contributed by atoms with Crippen molar-refractivity contribution in [2.75, 3.05) is 19.8 Å². The Labute approximate surface area is 150 Å². The predicted octanol–water partition coefficient (Wildman–Crippen LogP) is 2.50. The van der Waals surface area contributed by atoms with Gasteiger partial charge < -0.3 is 24.3 Å². The number of benzene rings is 1. The molecule has 0 spiro atoms. The molecule has 2 aromatic rings. The second-order valence-corrected chi connectivity index (χ2v) is 6.20. The van der Waals surface area contributed by atoms with Gasteiger partial charge >= 0.3 is 5.97 Å². The van der Waals surface area contributed by atoms with Crippen molar-refractivity contribution in [1.82, 2.24) is 4.98 Å². The minimum Gasteiger partial charge on any atom is -0.486 e. The van der Waals surface area contributed by atoms with E-state index >= 15 is 0 Å². The molecule has 1 aliphatic rings. The molecule has 1 aliphatic heterocycles. The number of ketones is 1. The number of aromatic nitrogens is 1. The summed E-state index contributed by atoms with van der Waals surface area (Å²) in [5.41, 5.74) is 2.60. The molecule has 1 aromatic carbocycles. The Balaban J connectivity index is 1.68. The highest BCUT2D eigenvalue weighted by molar-refractivity contribution is 5.99. The van der Waals surface area contributed by atoms with Crippen LogP contribution >= 0.6 is 0 Å². The maximum atomic E-state index is 12.3. The lowest BCUT2D eigenvalue weighted by Crippen LogP contribution is -2.17. The first-order chi connectivity index (χ1) is 12.4. The van der Waals surface area contributed by atoms with Crippen molar-refractivity contribution in [2.45, 2.75) is 26.9 Å². The van der Waals surface area contributed by atoms with Gasteiger partial charge in [-0.3, -0.25) is 4.79 Å². The number of aromatic amines is 1. The third kappa shape index (κ3) is 3.43. The Morgan fingerprint density at radius 2 is 1.92 bits per heavy atom. The fourth-order valence-electron chi connectivity index (χ4n) is 3.10. The predicted molar refractivity (Wildman–Crippen MR) is 92.9 cm³/mol. The van der Waals surface area contributed by atoms with Crippen molar-refractivity contribution in [3.05, 3.63) is 46.3 Å². The number of H-pyrrole nitrogens is 1. The van der Waals surface area contributed by atoms with Gasteiger partial charge in [-0.2, -0.15) is 0 Å². The highest BCUT2D eigenvalue weighted by Crippen LogP contribution is 2.31. The van der Waals surface area contributed by atoms with Crippen molar-refractivity contribution in [3.8, 4) is 11.5 Å². The summed E-state index contributed by atoms with van der Waals surface area (Å²) in [6.07, 6.45) is -0.702. The summed E-state index contributed by atoms with van der Waals surface area (Å²) in [4.78, 5) is 27.5. The van der Waals surface area contributed by atoms with Gasteiger partial charge in [0.2, 0.25) is 0 Å². The molecule has 2 N–H and O–H groups in total. The summed E-state index contributed by atoms with van der Waals surface area (Å²) in [7, 11) is 0. The van der Waals surface area contributed by atoms with Gasteiger partial charge in [0.25, 0.3) is 0 Å². The number of fused-ring (bicyclic) bond motifs is 1. The fourth-order valence-corrected chi connectivity index (χ4v) is 3.10. The average molecular weight is 359 g/mol. The van der Waals surface area contributed by atoms with Crippen LogP contribution < -0.4 is 9.47 Å². The van der Waals surface area contributed by atoms with E-state index in [9.17, 15) is 14.7 Å². The number of esters is 1. The first-order valence-corrected chi connectivity index (χ1v) is 8.35. The highest BCUT2D eigenvalue weighted by Gasteiger charge is 2.22. The number of aliphatic hydroxyl groups excluding tert-OH is 1. The molecule has 138 valence electrons. The number of nitrogens with one attached hydrogen (secondary N) is 1. The zero-order valence-corrected chi connectivity index (χ0v) is 14.9. The molecule has 0 fully saturated rings. The monoisotopic (exact) mass is 359 g/mol. The molecule has 26 heavy (non-hydrogen) atoms. The Morgan fingerprint density at radius 3 is 2.58 bits per heavy atom. The molecule has 7 heteroatoms. The zero-order chi connectivity index (χ0) is 18.8. The van der Waals surface area contributed by atoms with Crippen LogP contribution in [0, 0.1) is 13.8 Å². The highest BCUT2D eigenvalue weighted by atomic mass is 16.6. The Hall–Kier alpha value is -2.80. The summed E-state index contributed by atoms with van der Waals surface area (Å²) in [5, 5.41) is 9.80. The largest absolute Gasteiger partial charge is 0.486 e. The number of carbonyl (C=O) groups is 2. The second-order valence-electron chi connectivity index (χ2n) is 6.20. The van der Waals surface area contributed by atoms with Crippen molar-refractivity contribution in [3.63, 3.8) is 0 Å². The van der Waals surface area contributed by atoms with Crippen molar-refractivity contribution in [2.24, 2.45) is 0 Å². The van der Waals surface area contributed by atoms with Gasteiger partial charge in [-0.1, -0.05) is 0 Å². The third-order valence-corrected chi connectivity index (χ3v) is 4.32. The molecule has 1 atom stereocenters. The van der Waals surface area contributed by atoms with Crippen LogP contribution in [0.15, 0.2) is 18.2 Å². The molecule has 7 nitrogen and oxygen atoms in total. The summed E-state index contributed by atoms with van der Waals surface area (Å²) >= 11 is 0. The quantitative estimate of drug-likeness (QED) is 0.629. The minimum atomic E-state index is -0.702. The number of rotatable bonds is 5. The van der Waals surface area contributed by atoms with Crippen LogP contribution in [-0.2, 0) is 4.74 Å². The molecular formula is C19H21NO6. The number of carbonyl (C=O) groups excluding carboxylic acids is 2. The SMILES string of the molecule is Cc1[nH]c(C(=O)OCC(=O)c2ccc3c(c2)OCCO3)c(C)c1[C@@H](C)O. The van der Waals surface area contributed by atoms with Crippen molar-refractivity contribution in [1.29, 1.82) is 0 Å². The summed E-state index contributed by atoms with van der Waals surface area (Å²) in [6.45, 7) is 5.64. The molecule has 0 unspecified atom stereocenters. The molecule has 0 amide bonds. The molecule has 1 aromatic heterocycles. The molecule has 0 aliphatic carbocycles. The zero-order valence-electron chi connectivity index (χ0n) is 14.9. The van der Waals surface area contributed by atoms with Crippen LogP contribution in [0.4, 0.5) is 0 Å². The van der Waals surface area contributed by atoms with Crippen LogP contribution in [0.2, 0.25) is 0 Å². The van der Waals surface area contributed by atoms with Crippen molar-refractivity contribution >= 4 is 11.8 Å². The maximum absolute atomic E-state index is 12.3. The molecule has 0 saturated heterocycles. The fraction of sp³-hybridized carbons (Fsp3) is 0.368. The molecule has 2 heterocycles. The Bertz CT molecular complexity index is 852.